The van der Waals surface area contributed by atoms with Gasteiger partial charge in [0.15, 0.2) is 0 Å². The Morgan fingerprint density at radius 2 is 1.77 bits per heavy atom. The molecule has 0 unspecified atom stereocenters. The fourth-order valence-electron chi connectivity index (χ4n) is 8.34. The van der Waals surface area contributed by atoms with Crippen molar-refractivity contribution in [2.75, 3.05) is 56.3 Å². The van der Waals surface area contributed by atoms with Crippen LogP contribution in [0.2, 0.25) is 0 Å². The summed E-state index contributed by atoms with van der Waals surface area (Å²) in [5.41, 5.74) is 1.05. The summed E-state index contributed by atoms with van der Waals surface area (Å²) >= 11 is 0. The SMILES string of the molecule is C=CCCC(=O)N[C@@H](COC)[C@@H](OC(=O)[C@@H]1[C@H]2C(=O)N(CCCO)[C@H](C(=O)N(CC=C)c3ccc(N(CC)CC)cc3)[C@]23CC[C@H]1O3)c1ccccc1. The number of rotatable bonds is 20. The number of carbonyl (C=O) groups excluding carboxylic acids is 4. The van der Waals surface area contributed by atoms with Gasteiger partial charge in [0.2, 0.25) is 11.8 Å². The number of likely N-dealkylation sites (tertiary alicyclic amines) is 1. The van der Waals surface area contributed by atoms with E-state index in [2.05, 4.69) is 37.2 Å². The summed E-state index contributed by atoms with van der Waals surface area (Å²) in [7, 11) is 1.50. The van der Waals surface area contributed by atoms with Gasteiger partial charge in [-0.25, -0.2) is 0 Å². The number of aliphatic hydroxyl groups is 1. The fourth-order valence-corrected chi connectivity index (χ4v) is 8.34. The molecule has 0 aromatic heterocycles. The minimum Gasteiger partial charge on any atom is -0.455 e. The molecule has 1 spiro atoms. The molecule has 12 nitrogen and oxygen atoms in total. The Morgan fingerprint density at radius 1 is 1.08 bits per heavy atom. The maximum Gasteiger partial charge on any atom is 0.313 e. The monoisotopic (exact) mass is 730 g/mol. The topological polar surface area (TPSA) is 138 Å². The molecule has 0 radical (unpaired) electrons. The van der Waals surface area contributed by atoms with E-state index in [0.717, 1.165) is 18.8 Å². The molecule has 2 aromatic rings. The number of allylic oxidation sites excluding steroid dienone is 1. The first-order chi connectivity index (χ1) is 25.7. The zero-order valence-electron chi connectivity index (χ0n) is 31.2. The Hall–Kier alpha value is -4.52. The van der Waals surface area contributed by atoms with Crippen molar-refractivity contribution in [2.24, 2.45) is 11.8 Å². The number of amides is 3. The van der Waals surface area contributed by atoms with Crippen LogP contribution in [0.4, 0.5) is 11.4 Å². The first-order valence-corrected chi connectivity index (χ1v) is 18.7. The van der Waals surface area contributed by atoms with E-state index in [0.29, 0.717) is 30.5 Å². The molecule has 3 heterocycles. The minimum atomic E-state index is -1.27. The summed E-state index contributed by atoms with van der Waals surface area (Å²) < 4.78 is 18.4. The van der Waals surface area contributed by atoms with Crippen molar-refractivity contribution in [2.45, 2.75) is 75.8 Å². The molecule has 0 aliphatic carbocycles. The van der Waals surface area contributed by atoms with Crippen LogP contribution >= 0.6 is 0 Å². The Labute approximate surface area is 312 Å². The van der Waals surface area contributed by atoms with Gasteiger partial charge in [0.1, 0.15) is 17.7 Å². The number of benzene rings is 2. The lowest BCUT2D eigenvalue weighted by Crippen LogP contribution is -2.56. The summed E-state index contributed by atoms with van der Waals surface area (Å²) in [6, 6.07) is 15.1. The van der Waals surface area contributed by atoms with E-state index in [1.807, 2.05) is 54.6 Å². The fraction of sp³-hybridized carbons (Fsp3) is 0.512. The third kappa shape index (κ3) is 8.05. The van der Waals surface area contributed by atoms with E-state index in [1.54, 1.807) is 17.1 Å². The predicted molar refractivity (Wildman–Crippen MR) is 202 cm³/mol. The number of methoxy groups -OCH3 is 1. The number of ether oxygens (including phenoxy) is 3. The zero-order valence-corrected chi connectivity index (χ0v) is 31.2. The molecule has 2 N–H and O–H groups in total. The molecule has 3 fully saturated rings. The van der Waals surface area contributed by atoms with Crippen LogP contribution in [0.5, 0.6) is 0 Å². The quantitative estimate of drug-likeness (QED) is 0.152. The Kier molecular flexibility index (Phi) is 13.5. The Bertz CT molecular complexity index is 1600. The molecule has 12 heteroatoms. The number of nitrogens with one attached hydrogen (secondary N) is 1. The predicted octanol–water partition coefficient (Wildman–Crippen LogP) is 4.19. The summed E-state index contributed by atoms with van der Waals surface area (Å²) in [6.45, 7) is 13.6. The van der Waals surface area contributed by atoms with E-state index >= 15 is 0 Å². The van der Waals surface area contributed by atoms with E-state index < -0.39 is 47.7 Å². The molecular weight excluding hydrogens is 676 g/mol. The van der Waals surface area contributed by atoms with Crippen molar-refractivity contribution in [1.82, 2.24) is 10.2 Å². The van der Waals surface area contributed by atoms with E-state index in [-0.39, 0.29) is 56.9 Å². The number of esters is 1. The van der Waals surface area contributed by atoms with Gasteiger partial charge in [-0.1, -0.05) is 42.5 Å². The number of aliphatic hydroxyl groups excluding tert-OH is 1. The standard InChI is InChI=1S/C41H54N4O8/c1-6-10-17-33(47)42-31(27-51-5)36(28-15-12-11-13-16-28)52-40(50)34-32-22-23-41(53-32)35(34)38(48)45(25-14-26-46)37(41)39(49)44(24-7-2)30-20-18-29(19-21-30)43(8-3)9-4/h6-7,11-13,15-16,18-21,31-32,34-37,46H,1-2,8-10,14,17,22-27H2,3-5H3,(H,42,47)/t31-,32+,34-,35-,36-,37+,41-/m0/s1. The number of hydrogen-bond acceptors (Lipinski definition) is 9. The number of nitrogens with zero attached hydrogens (tertiary/aromatic N) is 3. The summed E-state index contributed by atoms with van der Waals surface area (Å²) in [5, 5.41) is 12.8. The molecule has 0 saturated carbocycles. The van der Waals surface area contributed by atoms with Gasteiger partial charge in [0, 0.05) is 57.7 Å². The lowest BCUT2D eigenvalue weighted by Gasteiger charge is -2.37. The third-order valence-electron chi connectivity index (χ3n) is 10.7. The zero-order chi connectivity index (χ0) is 38.1. The number of hydrogen-bond donors (Lipinski definition) is 2. The van der Waals surface area contributed by atoms with Gasteiger partial charge in [0.25, 0.3) is 5.91 Å². The average molecular weight is 731 g/mol. The van der Waals surface area contributed by atoms with Gasteiger partial charge < -0.3 is 39.3 Å². The van der Waals surface area contributed by atoms with Crippen molar-refractivity contribution >= 4 is 35.1 Å². The van der Waals surface area contributed by atoms with Crippen LogP contribution in [0.15, 0.2) is 79.9 Å². The second kappa shape index (κ2) is 18.0. The van der Waals surface area contributed by atoms with Gasteiger partial charge >= 0.3 is 5.97 Å². The molecule has 7 atom stereocenters. The highest BCUT2D eigenvalue weighted by Crippen LogP contribution is 2.59. The van der Waals surface area contributed by atoms with Gasteiger partial charge in [-0.2, -0.15) is 0 Å². The second-order valence-electron chi connectivity index (χ2n) is 13.8. The highest BCUT2D eigenvalue weighted by molar-refractivity contribution is 6.04. The minimum absolute atomic E-state index is 0.0596. The third-order valence-corrected chi connectivity index (χ3v) is 10.7. The molecule has 3 aliphatic rings. The molecule has 3 aliphatic heterocycles. The smallest absolute Gasteiger partial charge is 0.313 e. The van der Waals surface area contributed by atoms with Gasteiger partial charge in [0.05, 0.1) is 30.6 Å². The number of carbonyl (C=O) groups is 4. The summed E-state index contributed by atoms with van der Waals surface area (Å²) in [6.07, 6.45) is 3.51. The van der Waals surface area contributed by atoms with Crippen molar-refractivity contribution in [3.8, 4) is 0 Å². The van der Waals surface area contributed by atoms with Crippen molar-refractivity contribution in [3.05, 3.63) is 85.5 Å². The van der Waals surface area contributed by atoms with Gasteiger partial charge in [-0.3, -0.25) is 19.2 Å². The van der Waals surface area contributed by atoms with Crippen molar-refractivity contribution in [3.63, 3.8) is 0 Å². The molecule has 53 heavy (non-hydrogen) atoms. The van der Waals surface area contributed by atoms with E-state index in [4.69, 9.17) is 14.2 Å². The van der Waals surface area contributed by atoms with Gasteiger partial charge in [-0.15, -0.1) is 13.2 Å². The van der Waals surface area contributed by atoms with Crippen LogP contribution in [0.1, 0.15) is 57.6 Å². The summed E-state index contributed by atoms with van der Waals surface area (Å²) in [5.74, 6) is -3.57. The first kappa shape index (κ1) is 39.7. The van der Waals surface area contributed by atoms with Crippen LogP contribution in [0, 0.1) is 11.8 Å². The Balaban J connectivity index is 1.48. The molecule has 3 amide bonds. The highest BCUT2D eigenvalue weighted by Gasteiger charge is 2.75. The normalized spacial score (nSPS) is 23.9. The molecule has 2 aromatic carbocycles. The largest absolute Gasteiger partial charge is 0.455 e. The lowest BCUT2D eigenvalue weighted by molar-refractivity contribution is -0.163. The van der Waals surface area contributed by atoms with Crippen LogP contribution in [-0.2, 0) is 33.4 Å². The van der Waals surface area contributed by atoms with Crippen molar-refractivity contribution < 1.29 is 38.5 Å². The number of fused-ring (bicyclic) bond motifs is 1. The molecule has 3 saturated heterocycles. The maximum absolute atomic E-state index is 14.8. The van der Waals surface area contributed by atoms with Crippen LogP contribution < -0.4 is 15.1 Å². The maximum atomic E-state index is 14.8. The molecule has 5 rings (SSSR count). The van der Waals surface area contributed by atoms with Crippen molar-refractivity contribution in [1.29, 1.82) is 0 Å². The van der Waals surface area contributed by atoms with Crippen LogP contribution in [0.25, 0.3) is 0 Å². The Morgan fingerprint density at radius 3 is 2.40 bits per heavy atom. The summed E-state index contributed by atoms with van der Waals surface area (Å²) in [4.78, 5) is 62.0. The van der Waals surface area contributed by atoms with Gasteiger partial charge in [-0.05, 0) is 69.4 Å². The first-order valence-electron chi connectivity index (χ1n) is 18.7. The molecule has 2 bridgehead atoms. The second-order valence-corrected chi connectivity index (χ2v) is 13.8. The van der Waals surface area contributed by atoms with E-state index in [9.17, 15) is 24.3 Å². The molecule has 286 valence electrons. The highest BCUT2D eigenvalue weighted by atomic mass is 16.6. The van der Waals surface area contributed by atoms with Crippen LogP contribution in [0.3, 0.4) is 0 Å². The average Bonchev–Trinajstić information content (AvgIpc) is 3.82. The molecular formula is C41H54N4O8. The lowest BCUT2D eigenvalue weighted by atomic mass is 9.70. The number of anilines is 2. The van der Waals surface area contributed by atoms with Crippen LogP contribution in [-0.4, -0.2) is 104 Å². The van der Waals surface area contributed by atoms with E-state index in [1.165, 1.54) is 12.0 Å².